The van der Waals surface area contributed by atoms with Crippen molar-refractivity contribution in [3.63, 3.8) is 0 Å². The minimum atomic E-state index is -0.351. The number of nitrogens with zero attached hydrogens (tertiary/aromatic N) is 5. The van der Waals surface area contributed by atoms with Crippen LogP contribution in [0.5, 0.6) is 0 Å². The molecule has 1 N–H and O–H groups in total. The lowest BCUT2D eigenvalue weighted by Gasteiger charge is -2.34. The van der Waals surface area contributed by atoms with E-state index in [0.29, 0.717) is 49.3 Å². The SMILES string of the molecule is CC(=O)N1CCN(c2ncc(C(=O)Nc3cc(C)on3)cn2)CC1. The Morgan fingerprint density at radius 3 is 2.38 bits per heavy atom. The van der Waals surface area contributed by atoms with Crippen molar-refractivity contribution < 1.29 is 14.1 Å². The highest BCUT2D eigenvalue weighted by atomic mass is 16.5. The average Bonchev–Trinajstić information content (AvgIpc) is 3.00. The third-order valence-corrected chi connectivity index (χ3v) is 3.78. The molecule has 1 aliphatic rings. The Hall–Kier alpha value is -2.97. The number of hydrogen-bond donors (Lipinski definition) is 1. The summed E-state index contributed by atoms with van der Waals surface area (Å²) in [6.45, 7) is 5.94. The Kier molecular flexibility index (Phi) is 4.41. The summed E-state index contributed by atoms with van der Waals surface area (Å²) in [5.74, 6) is 1.23. The molecule has 3 heterocycles. The molecule has 24 heavy (non-hydrogen) atoms. The number of carbonyl (C=O) groups excluding carboxylic acids is 2. The van der Waals surface area contributed by atoms with Crippen molar-refractivity contribution in [3.8, 4) is 0 Å². The third kappa shape index (κ3) is 3.50. The van der Waals surface area contributed by atoms with Crippen molar-refractivity contribution >= 4 is 23.6 Å². The fourth-order valence-corrected chi connectivity index (χ4v) is 2.44. The second-order valence-corrected chi connectivity index (χ2v) is 5.54. The van der Waals surface area contributed by atoms with E-state index in [1.54, 1.807) is 24.8 Å². The summed E-state index contributed by atoms with van der Waals surface area (Å²) < 4.78 is 4.89. The first-order chi connectivity index (χ1) is 11.5. The Labute approximate surface area is 138 Å². The maximum absolute atomic E-state index is 12.1. The predicted octanol–water partition coefficient (Wildman–Crippen LogP) is 0.694. The predicted molar refractivity (Wildman–Crippen MR) is 85.7 cm³/mol. The molecule has 9 heteroatoms. The van der Waals surface area contributed by atoms with Crippen molar-refractivity contribution in [1.82, 2.24) is 20.0 Å². The zero-order valence-electron chi connectivity index (χ0n) is 13.5. The smallest absolute Gasteiger partial charge is 0.260 e. The third-order valence-electron chi connectivity index (χ3n) is 3.78. The van der Waals surface area contributed by atoms with Gasteiger partial charge in [-0.3, -0.25) is 9.59 Å². The first-order valence-corrected chi connectivity index (χ1v) is 7.60. The van der Waals surface area contributed by atoms with E-state index in [4.69, 9.17) is 4.52 Å². The number of aromatic nitrogens is 3. The molecule has 0 radical (unpaired) electrons. The minimum Gasteiger partial charge on any atom is -0.360 e. The van der Waals surface area contributed by atoms with E-state index in [2.05, 4.69) is 20.4 Å². The van der Waals surface area contributed by atoms with Gasteiger partial charge in [0.05, 0.1) is 5.56 Å². The number of hydrogen-bond acceptors (Lipinski definition) is 7. The van der Waals surface area contributed by atoms with Crippen LogP contribution in [0.2, 0.25) is 0 Å². The lowest BCUT2D eigenvalue weighted by molar-refractivity contribution is -0.129. The molecule has 0 saturated carbocycles. The summed E-state index contributed by atoms with van der Waals surface area (Å²) in [5.41, 5.74) is 0.335. The van der Waals surface area contributed by atoms with Gasteiger partial charge in [-0.2, -0.15) is 0 Å². The van der Waals surface area contributed by atoms with E-state index in [-0.39, 0.29) is 11.8 Å². The van der Waals surface area contributed by atoms with E-state index in [0.717, 1.165) is 0 Å². The molecule has 1 saturated heterocycles. The molecule has 0 aromatic carbocycles. The molecule has 2 aromatic rings. The number of aryl methyl sites for hydroxylation is 1. The molecule has 0 unspecified atom stereocenters. The van der Waals surface area contributed by atoms with Crippen LogP contribution in [-0.4, -0.2) is 58.0 Å². The average molecular weight is 330 g/mol. The van der Waals surface area contributed by atoms with Crippen LogP contribution < -0.4 is 10.2 Å². The summed E-state index contributed by atoms with van der Waals surface area (Å²) in [5, 5.41) is 6.32. The first-order valence-electron chi connectivity index (χ1n) is 7.60. The van der Waals surface area contributed by atoms with Crippen molar-refractivity contribution in [2.75, 3.05) is 36.4 Å². The monoisotopic (exact) mass is 330 g/mol. The van der Waals surface area contributed by atoms with Gasteiger partial charge < -0.3 is 19.6 Å². The normalized spacial score (nSPS) is 14.6. The van der Waals surface area contributed by atoms with Crippen molar-refractivity contribution in [1.29, 1.82) is 0 Å². The maximum atomic E-state index is 12.1. The largest absolute Gasteiger partial charge is 0.360 e. The first kappa shape index (κ1) is 15.9. The molecule has 2 amide bonds. The van der Waals surface area contributed by atoms with Crippen LogP contribution in [0, 0.1) is 6.92 Å². The zero-order valence-corrected chi connectivity index (χ0v) is 13.5. The number of nitrogens with one attached hydrogen (secondary N) is 1. The molecule has 0 aliphatic carbocycles. The van der Waals surface area contributed by atoms with Gasteiger partial charge in [-0.15, -0.1) is 0 Å². The molecule has 126 valence electrons. The van der Waals surface area contributed by atoms with E-state index in [1.807, 2.05) is 4.90 Å². The molecule has 9 nitrogen and oxygen atoms in total. The Bertz CT molecular complexity index is 734. The van der Waals surface area contributed by atoms with Gasteiger partial charge in [0.2, 0.25) is 11.9 Å². The fourth-order valence-electron chi connectivity index (χ4n) is 2.44. The standard InChI is InChI=1S/C15H18N6O3/c1-10-7-13(19-24-10)18-14(23)12-8-16-15(17-9-12)21-5-3-20(4-6-21)11(2)22/h7-9H,3-6H2,1-2H3,(H,18,19,23). The van der Waals surface area contributed by atoms with Gasteiger partial charge in [-0.05, 0) is 6.92 Å². The van der Waals surface area contributed by atoms with Crippen LogP contribution in [0.15, 0.2) is 23.0 Å². The van der Waals surface area contributed by atoms with Crippen LogP contribution >= 0.6 is 0 Å². The Morgan fingerprint density at radius 2 is 1.83 bits per heavy atom. The van der Waals surface area contributed by atoms with Gasteiger partial charge >= 0.3 is 0 Å². The Balaban J connectivity index is 1.61. The summed E-state index contributed by atoms with van der Waals surface area (Å²) >= 11 is 0. The molecule has 3 rings (SSSR count). The van der Waals surface area contributed by atoms with Crippen molar-refractivity contribution in [2.24, 2.45) is 0 Å². The second kappa shape index (κ2) is 6.65. The highest BCUT2D eigenvalue weighted by Crippen LogP contribution is 2.13. The van der Waals surface area contributed by atoms with Gasteiger partial charge in [0, 0.05) is 51.6 Å². The van der Waals surface area contributed by atoms with Gasteiger partial charge in [0.1, 0.15) is 5.76 Å². The van der Waals surface area contributed by atoms with Gasteiger partial charge in [0.15, 0.2) is 5.82 Å². The van der Waals surface area contributed by atoms with Gasteiger partial charge in [-0.1, -0.05) is 5.16 Å². The fraction of sp³-hybridized carbons (Fsp3) is 0.400. The molecule has 0 spiro atoms. The summed E-state index contributed by atoms with van der Waals surface area (Å²) in [6, 6.07) is 1.63. The van der Waals surface area contributed by atoms with Crippen LogP contribution in [0.3, 0.4) is 0 Å². The quantitative estimate of drug-likeness (QED) is 0.883. The lowest BCUT2D eigenvalue weighted by atomic mass is 10.3. The van der Waals surface area contributed by atoms with Crippen molar-refractivity contribution in [2.45, 2.75) is 13.8 Å². The number of piperazine rings is 1. The van der Waals surface area contributed by atoms with Crippen LogP contribution in [-0.2, 0) is 4.79 Å². The second-order valence-electron chi connectivity index (χ2n) is 5.54. The molecule has 1 aliphatic heterocycles. The van der Waals surface area contributed by atoms with E-state index < -0.39 is 0 Å². The Morgan fingerprint density at radius 1 is 1.17 bits per heavy atom. The molecule has 1 fully saturated rings. The van der Waals surface area contributed by atoms with E-state index >= 15 is 0 Å². The molecular weight excluding hydrogens is 312 g/mol. The highest BCUT2D eigenvalue weighted by molar-refractivity contribution is 6.03. The molecular formula is C15H18N6O3. The molecule has 0 bridgehead atoms. The summed E-state index contributed by atoms with van der Waals surface area (Å²) in [4.78, 5) is 35.7. The summed E-state index contributed by atoms with van der Waals surface area (Å²) in [7, 11) is 0. The van der Waals surface area contributed by atoms with Crippen LogP contribution in [0.25, 0.3) is 0 Å². The maximum Gasteiger partial charge on any atom is 0.260 e. The van der Waals surface area contributed by atoms with Crippen LogP contribution in [0.1, 0.15) is 23.0 Å². The van der Waals surface area contributed by atoms with Crippen molar-refractivity contribution in [3.05, 3.63) is 29.8 Å². The topological polar surface area (TPSA) is 104 Å². The number of carbonyl (C=O) groups is 2. The minimum absolute atomic E-state index is 0.0747. The number of anilines is 2. The van der Waals surface area contributed by atoms with Gasteiger partial charge in [0.25, 0.3) is 5.91 Å². The number of amides is 2. The summed E-state index contributed by atoms with van der Waals surface area (Å²) in [6.07, 6.45) is 2.95. The zero-order chi connectivity index (χ0) is 17.1. The van der Waals surface area contributed by atoms with Gasteiger partial charge in [-0.25, -0.2) is 9.97 Å². The van der Waals surface area contributed by atoms with E-state index in [1.165, 1.54) is 12.4 Å². The highest BCUT2D eigenvalue weighted by Gasteiger charge is 2.20. The lowest BCUT2D eigenvalue weighted by Crippen LogP contribution is -2.48. The van der Waals surface area contributed by atoms with Crippen LogP contribution in [0.4, 0.5) is 11.8 Å². The van der Waals surface area contributed by atoms with E-state index in [9.17, 15) is 9.59 Å². The molecule has 0 atom stereocenters. The molecule has 2 aromatic heterocycles. The number of rotatable bonds is 3.